The molecule has 0 radical (unpaired) electrons. The molecule has 6 rings (SSSR count). The number of nitrogens with one attached hydrogen (secondary N) is 1. The van der Waals surface area contributed by atoms with Gasteiger partial charge in [-0.3, -0.25) is 9.20 Å². The van der Waals surface area contributed by atoms with Crippen LogP contribution in [0.4, 0.5) is 5.69 Å². The molecule has 3 aromatic carbocycles. The van der Waals surface area contributed by atoms with Gasteiger partial charge in [-0.25, -0.2) is 4.98 Å². The van der Waals surface area contributed by atoms with Crippen molar-refractivity contribution in [1.29, 1.82) is 0 Å². The van der Waals surface area contributed by atoms with Crippen LogP contribution in [0.25, 0.3) is 39.0 Å². The van der Waals surface area contributed by atoms with Crippen LogP contribution in [0.2, 0.25) is 0 Å². The molecule has 0 aliphatic heterocycles. The van der Waals surface area contributed by atoms with Gasteiger partial charge in [-0.05, 0) is 37.3 Å². The minimum atomic E-state index is -0.576. The van der Waals surface area contributed by atoms with Crippen LogP contribution >= 0.6 is 0 Å². The van der Waals surface area contributed by atoms with E-state index in [0.717, 1.165) is 16.6 Å². The summed E-state index contributed by atoms with van der Waals surface area (Å²) in [6.45, 7) is 2.39. The van der Waals surface area contributed by atoms with Crippen molar-refractivity contribution < 1.29 is 14.6 Å². The Hall–Kier alpha value is -4.92. The Kier molecular flexibility index (Phi) is 5.03. The van der Waals surface area contributed by atoms with Gasteiger partial charge < -0.3 is 19.4 Å². The average Bonchev–Trinajstić information content (AvgIpc) is 3.53. The number of amides is 1. The summed E-state index contributed by atoms with van der Waals surface area (Å²) in [6.07, 6.45) is 0. The molecule has 9 nitrogen and oxygen atoms in total. The van der Waals surface area contributed by atoms with Crippen LogP contribution in [0.1, 0.15) is 17.4 Å². The molecule has 36 heavy (non-hydrogen) atoms. The van der Waals surface area contributed by atoms with Crippen LogP contribution in [-0.4, -0.2) is 36.6 Å². The number of aromatic nitrogens is 4. The Morgan fingerprint density at radius 1 is 1.06 bits per heavy atom. The van der Waals surface area contributed by atoms with Gasteiger partial charge in [0, 0.05) is 18.0 Å². The third kappa shape index (κ3) is 3.32. The summed E-state index contributed by atoms with van der Waals surface area (Å²) in [6, 6.07) is 22.6. The number of ether oxygens (including phenoxy) is 1. The highest BCUT2D eigenvalue weighted by Gasteiger charge is 2.25. The van der Waals surface area contributed by atoms with E-state index in [2.05, 4.69) is 15.2 Å². The number of aromatic amines is 1. The van der Waals surface area contributed by atoms with E-state index in [1.807, 2.05) is 73.1 Å². The number of imidazole rings is 2. The standard InChI is InChI=1S/C27H22N6O3/c1-3-36-17-13-14-19-18(15-17)23(25(34)28-19)30-31-26(35)24-22(16-9-5-4-6-10-16)29-27-32(2)20-11-7-8-12-21(20)33(24)27/h4-15,28,34H,3H2,1-2H3. The Labute approximate surface area is 205 Å². The van der Waals surface area contributed by atoms with E-state index in [0.29, 0.717) is 40.4 Å². The van der Waals surface area contributed by atoms with E-state index in [-0.39, 0.29) is 11.6 Å². The molecule has 3 aromatic heterocycles. The fraction of sp³-hybridized carbons (Fsp3) is 0.111. The molecule has 0 aliphatic rings. The fourth-order valence-electron chi connectivity index (χ4n) is 4.54. The van der Waals surface area contributed by atoms with Gasteiger partial charge in [0.15, 0.2) is 5.69 Å². The van der Waals surface area contributed by atoms with Crippen LogP contribution in [0.5, 0.6) is 11.6 Å². The predicted octanol–water partition coefficient (Wildman–Crippen LogP) is 6.00. The van der Waals surface area contributed by atoms with Crippen molar-refractivity contribution in [3.05, 3.63) is 78.5 Å². The molecule has 3 heterocycles. The van der Waals surface area contributed by atoms with Gasteiger partial charge in [0.2, 0.25) is 11.7 Å². The Bertz CT molecular complexity index is 1790. The zero-order valence-electron chi connectivity index (χ0n) is 19.6. The molecule has 0 atom stereocenters. The Morgan fingerprint density at radius 3 is 2.58 bits per heavy atom. The van der Waals surface area contributed by atoms with Crippen molar-refractivity contribution >= 4 is 39.3 Å². The summed E-state index contributed by atoms with van der Waals surface area (Å²) in [4.78, 5) is 21.3. The van der Waals surface area contributed by atoms with Gasteiger partial charge in [0.25, 0.3) is 0 Å². The zero-order chi connectivity index (χ0) is 24.8. The zero-order valence-corrected chi connectivity index (χ0v) is 19.6. The highest BCUT2D eigenvalue weighted by molar-refractivity contribution is 6.02. The first-order valence-electron chi connectivity index (χ1n) is 11.5. The number of nitrogens with zero attached hydrogens (tertiary/aromatic N) is 5. The van der Waals surface area contributed by atoms with Gasteiger partial charge in [-0.15, -0.1) is 10.2 Å². The molecule has 0 bridgehead atoms. The van der Waals surface area contributed by atoms with Crippen LogP contribution in [-0.2, 0) is 7.05 Å². The predicted molar refractivity (Wildman–Crippen MR) is 137 cm³/mol. The topological polar surface area (TPSA) is 109 Å². The number of hydrogen-bond donors (Lipinski definition) is 2. The van der Waals surface area contributed by atoms with Gasteiger partial charge >= 0.3 is 5.91 Å². The van der Waals surface area contributed by atoms with Gasteiger partial charge in [0.05, 0.1) is 23.2 Å². The van der Waals surface area contributed by atoms with Crippen LogP contribution in [0.15, 0.2) is 83.0 Å². The summed E-state index contributed by atoms with van der Waals surface area (Å²) < 4.78 is 9.32. The maximum Gasteiger partial charge on any atom is 0.314 e. The van der Waals surface area contributed by atoms with E-state index in [1.165, 1.54) is 0 Å². The summed E-state index contributed by atoms with van der Waals surface area (Å²) in [5, 5.41) is 19.3. The highest BCUT2D eigenvalue weighted by Crippen LogP contribution is 2.38. The van der Waals surface area contributed by atoms with Gasteiger partial charge in [-0.1, -0.05) is 42.5 Å². The third-order valence-corrected chi connectivity index (χ3v) is 6.17. The quantitative estimate of drug-likeness (QED) is 0.296. The van der Waals surface area contributed by atoms with E-state index >= 15 is 0 Å². The minimum Gasteiger partial charge on any atom is -0.494 e. The van der Waals surface area contributed by atoms with Crippen molar-refractivity contribution in [3.63, 3.8) is 0 Å². The number of carbonyl (C=O) groups is 1. The molecule has 0 aliphatic carbocycles. The van der Waals surface area contributed by atoms with Gasteiger partial charge in [-0.2, -0.15) is 0 Å². The molecule has 2 N–H and O–H groups in total. The first-order valence-corrected chi connectivity index (χ1v) is 11.5. The lowest BCUT2D eigenvalue weighted by Crippen LogP contribution is -2.01. The number of aryl methyl sites for hydroxylation is 1. The number of aromatic hydroxyl groups is 1. The summed E-state index contributed by atoms with van der Waals surface area (Å²) in [7, 11) is 1.91. The van der Waals surface area contributed by atoms with Crippen LogP contribution in [0, 0.1) is 0 Å². The second-order valence-corrected chi connectivity index (χ2v) is 8.33. The number of H-pyrrole nitrogens is 1. The van der Waals surface area contributed by atoms with E-state index in [1.54, 1.807) is 22.6 Å². The molecule has 6 aromatic rings. The van der Waals surface area contributed by atoms with Crippen molar-refractivity contribution in [2.24, 2.45) is 17.3 Å². The summed E-state index contributed by atoms with van der Waals surface area (Å²) >= 11 is 0. The molecule has 0 spiro atoms. The van der Waals surface area contributed by atoms with Gasteiger partial charge in [0.1, 0.15) is 17.1 Å². The normalized spacial score (nSPS) is 11.8. The minimum absolute atomic E-state index is 0.167. The van der Waals surface area contributed by atoms with Crippen molar-refractivity contribution in [2.45, 2.75) is 6.92 Å². The maximum atomic E-state index is 13.6. The first-order chi connectivity index (χ1) is 17.6. The van der Waals surface area contributed by atoms with E-state index < -0.39 is 5.91 Å². The van der Waals surface area contributed by atoms with Crippen molar-refractivity contribution in [2.75, 3.05) is 6.61 Å². The maximum absolute atomic E-state index is 13.6. The average molecular weight is 479 g/mol. The monoisotopic (exact) mass is 478 g/mol. The number of azo groups is 1. The summed E-state index contributed by atoms with van der Waals surface area (Å²) in [5.74, 6) is 0.491. The highest BCUT2D eigenvalue weighted by atomic mass is 16.5. The van der Waals surface area contributed by atoms with E-state index in [9.17, 15) is 9.90 Å². The fourth-order valence-corrected chi connectivity index (χ4v) is 4.54. The second-order valence-electron chi connectivity index (χ2n) is 8.33. The molecule has 1 amide bonds. The molecule has 0 unspecified atom stereocenters. The smallest absolute Gasteiger partial charge is 0.314 e. The molecular formula is C27H22N6O3. The number of rotatable bonds is 5. The Morgan fingerprint density at radius 2 is 1.81 bits per heavy atom. The Balaban J connectivity index is 1.52. The van der Waals surface area contributed by atoms with E-state index in [4.69, 9.17) is 9.72 Å². The molecule has 9 heteroatoms. The van der Waals surface area contributed by atoms with Crippen LogP contribution < -0.4 is 4.74 Å². The molecule has 0 saturated carbocycles. The van der Waals surface area contributed by atoms with Crippen molar-refractivity contribution in [3.8, 4) is 22.9 Å². The molecule has 0 fully saturated rings. The molecule has 0 saturated heterocycles. The first kappa shape index (κ1) is 21.6. The number of hydrogen-bond acceptors (Lipinski definition) is 5. The molecular weight excluding hydrogens is 456 g/mol. The lowest BCUT2D eigenvalue weighted by Gasteiger charge is -2.02. The lowest BCUT2D eigenvalue weighted by molar-refractivity contribution is 0.0990. The number of para-hydroxylation sites is 2. The summed E-state index contributed by atoms with van der Waals surface area (Å²) in [5.41, 5.74) is 4.19. The number of carbonyl (C=O) groups excluding carboxylic acids is 1. The molecule has 178 valence electrons. The third-order valence-electron chi connectivity index (χ3n) is 6.17. The largest absolute Gasteiger partial charge is 0.494 e. The van der Waals surface area contributed by atoms with Crippen molar-refractivity contribution in [1.82, 2.24) is 18.9 Å². The SMILES string of the molecule is CCOc1ccc2[nH]c(O)c(N=NC(=O)c3c(-c4ccccc4)nc4n(C)c5ccccc5n34)c2c1. The lowest BCUT2D eigenvalue weighted by atomic mass is 10.1. The van der Waals surface area contributed by atoms with Crippen LogP contribution in [0.3, 0.4) is 0 Å². The number of fused-ring (bicyclic) bond motifs is 4. The second kappa shape index (κ2) is 8.38. The number of benzene rings is 3.